The van der Waals surface area contributed by atoms with Crippen LogP contribution in [-0.2, 0) is 0 Å². The van der Waals surface area contributed by atoms with Gasteiger partial charge in [-0.05, 0) is 23.6 Å². The van der Waals surface area contributed by atoms with Crippen molar-refractivity contribution in [3.05, 3.63) is 41.5 Å². The fourth-order valence-corrected chi connectivity index (χ4v) is 3.95. The monoisotopic (exact) mass is 390 g/mol. The van der Waals surface area contributed by atoms with Crippen molar-refractivity contribution < 1.29 is 19.8 Å². The highest BCUT2D eigenvalue weighted by molar-refractivity contribution is 7.99. The van der Waals surface area contributed by atoms with Gasteiger partial charge >= 0.3 is 12.0 Å². The van der Waals surface area contributed by atoms with E-state index in [2.05, 4.69) is 20.6 Å². The van der Waals surface area contributed by atoms with Crippen LogP contribution in [0.25, 0.3) is 10.2 Å². The Hall–Kier alpha value is -2.85. The molecule has 8 nitrogen and oxygen atoms in total. The first-order valence-electron chi connectivity index (χ1n) is 7.47. The molecule has 0 radical (unpaired) electrons. The summed E-state index contributed by atoms with van der Waals surface area (Å²) in [6, 6.07) is 5.31. The Morgan fingerprint density at radius 2 is 2.08 bits per heavy atom. The number of carboxylic acids is 1. The average molecular weight is 390 g/mol. The zero-order chi connectivity index (χ0) is 18.5. The van der Waals surface area contributed by atoms with Crippen LogP contribution in [0, 0.1) is 0 Å². The van der Waals surface area contributed by atoms with E-state index >= 15 is 0 Å². The summed E-state index contributed by atoms with van der Waals surface area (Å²) in [5.74, 6) is -1.02. The number of carboxylic acid groups (broad SMARTS) is 1. The number of urea groups is 1. The standard InChI is InChI=1S/C16H14N4O4S2/c21-12-7-9(1-2-10(12)15(22)23)20-16(24)17-4-6-26-14-13-11(3-5-25-13)18-8-19-14/h1-3,5,7-8,21H,4,6H2,(H,22,23)(H2,17,20,24). The molecule has 3 rings (SSSR count). The quantitative estimate of drug-likeness (QED) is 0.290. The van der Waals surface area contributed by atoms with Gasteiger partial charge in [-0.25, -0.2) is 19.6 Å². The number of amides is 2. The maximum Gasteiger partial charge on any atom is 0.339 e. The summed E-state index contributed by atoms with van der Waals surface area (Å²) in [6.07, 6.45) is 1.52. The number of nitrogens with one attached hydrogen (secondary N) is 2. The summed E-state index contributed by atoms with van der Waals surface area (Å²) >= 11 is 3.10. The number of aromatic carboxylic acids is 1. The van der Waals surface area contributed by atoms with Gasteiger partial charge in [-0.3, -0.25) is 0 Å². The number of thiophene rings is 1. The van der Waals surface area contributed by atoms with Gasteiger partial charge in [0.25, 0.3) is 0 Å². The van der Waals surface area contributed by atoms with Gasteiger partial charge in [0.1, 0.15) is 22.7 Å². The van der Waals surface area contributed by atoms with Crippen LogP contribution >= 0.6 is 23.1 Å². The number of fused-ring (bicyclic) bond motifs is 1. The molecule has 0 aliphatic heterocycles. The van der Waals surface area contributed by atoms with E-state index in [1.807, 2.05) is 11.4 Å². The van der Waals surface area contributed by atoms with Crippen LogP contribution in [0.1, 0.15) is 10.4 Å². The zero-order valence-electron chi connectivity index (χ0n) is 13.3. The summed E-state index contributed by atoms with van der Waals surface area (Å²) in [6.45, 7) is 0.409. The molecule has 4 N–H and O–H groups in total. The van der Waals surface area contributed by atoms with Crippen LogP contribution in [-0.4, -0.2) is 44.5 Å². The van der Waals surface area contributed by atoms with E-state index in [-0.39, 0.29) is 5.56 Å². The fourth-order valence-electron chi connectivity index (χ4n) is 2.15. The average Bonchev–Trinajstić information content (AvgIpc) is 3.08. The molecule has 2 amide bonds. The number of benzene rings is 1. The Bertz CT molecular complexity index is 960. The lowest BCUT2D eigenvalue weighted by molar-refractivity contribution is 0.0694. The van der Waals surface area contributed by atoms with Gasteiger partial charge in [0.2, 0.25) is 0 Å². The molecule has 3 aromatic rings. The van der Waals surface area contributed by atoms with Crippen molar-refractivity contribution >= 4 is 51.0 Å². The molecule has 1 aromatic carbocycles. The third kappa shape index (κ3) is 4.21. The third-order valence-corrected chi connectivity index (χ3v) is 5.35. The first kappa shape index (κ1) is 18.0. The second kappa shape index (κ2) is 8.02. The Labute approximate surface area is 156 Å². The zero-order valence-corrected chi connectivity index (χ0v) is 14.9. The number of hydrogen-bond acceptors (Lipinski definition) is 7. The molecule has 0 saturated carbocycles. The van der Waals surface area contributed by atoms with E-state index in [0.717, 1.165) is 15.2 Å². The van der Waals surface area contributed by atoms with Crippen LogP contribution in [0.15, 0.2) is 41.0 Å². The predicted molar refractivity (Wildman–Crippen MR) is 100 cm³/mol. The van der Waals surface area contributed by atoms with E-state index in [4.69, 9.17) is 5.11 Å². The van der Waals surface area contributed by atoms with Crippen LogP contribution in [0.3, 0.4) is 0 Å². The molecule has 0 atom stereocenters. The van der Waals surface area contributed by atoms with Gasteiger partial charge < -0.3 is 20.8 Å². The van der Waals surface area contributed by atoms with Crippen LogP contribution in [0.2, 0.25) is 0 Å². The molecule has 134 valence electrons. The van der Waals surface area contributed by atoms with Crippen molar-refractivity contribution in [1.82, 2.24) is 15.3 Å². The minimum atomic E-state index is -1.24. The molecule has 0 saturated heterocycles. The Morgan fingerprint density at radius 3 is 2.85 bits per heavy atom. The molecule has 0 spiro atoms. The number of nitrogens with zero attached hydrogens (tertiary/aromatic N) is 2. The SMILES string of the molecule is O=C(NCCSc1ncnc2ccsc12)Nc1ccc(C(=O)O)c(O)c1. The van der Waals surface area contributed by atoms with Crippen molar-refractivity contribution in [2.75, 3.05) is 17.6 Å². The molecule has 0 unspecified atom stereocenters. The second-order valence-electron chi connectivity index (χ2n) is 5.08. The Morgan fingerprint density at radius 1 is 1.23 bits per heavy atom. The summed E-state index contributed by atoms with van der Waals surface area (Å²) in [7, 11) is 0. The molecular formula is C16H14N4O4S2. The van der Waals surface area contributed by atoms with Gasteiger partial charge in [0.15, 0.2) is 0 Å². The summed E-state index contributed by atoms with van der Waals surface area (Å²) in [4.78, 5) is 31.1. The predicted octanol–water partition coefficient (Wildman–Crippen LogP) is 3.01. The number of aromatic hydroxyl groups is 1. The molecule has 0 aliphatic rings. The van der Waals surface area contributed by atoms with Gasteiger partial charge in [-0.1, -0.05) is 0 Å². The second-order valence-corrected chi connectivity index (χ2v) is 7.08. The lowest BCUT2D eigenvalue weighted by Crippen LogP contribution is -2.30. The highest BCUT2D eigenvalue weighted by Gasteiger charge is 2.11. The van der Waals surface area contributed by atoms with Gasteiger partial charge in [0.05, 0.1) is 10.2 Å². The molecule has 0 aliphatic carbocycles. The molecular weight excluding hydrogens is 376 g/mol. The van der Waals surface area contributed by atoms with Crippen LogP contribution in [0.5, 0.6) is 5.75 Å². The maximum atomic E-state index is 11.9. The maximum absolute atomic E-state index is 11.9. The molecule has 26 heavy (non-hydrogen) atoms. The number of carbonyl (C=O) groups excluding carboxylic acids is 1. The van der Waals surface area contributed by atoms with E-state index in [1.54, 1.807) is 11.3 Å². The van der Waals surface area contributed by atoms with Crippen molar-refractivity contribution in [3.8, 4) is 5.75 Å². The number of rotatable bonds is 6. The molecule has 0 bridgehead atoms. The molecule has 2 aromatic heterocycles. The topological polar surface area (TPSA) is 124 Å². The largest absolute Gasteiger partial charge is 0.507 e. The number of hydrogen-bond donors (Lipinski definition) is 4. The van der Waals surface area contributed by atoms with Crippen LogP contribution < -0.4 is 10.6 Å². The molecule has 0 fully saturated rings. The summed E-state index contributed by atoms with van der Waals surface area (Å²) < 4.78 is 1.02. The summed E-state index contributed by atoms with van der Waals surface area (Å²) in [5.41, 5.74) is 0.980. The lowest BCUT2D eigenvalue weighted by Gasteiger charge is -2.08. The van der Waals surface area contributed by atoms with E-state index in [9.17, 15) is 14.7 Å². The van der Waals surface area contributed by atoms with Gasteiger partial charge in [0, 0.05) is 24.1 Å². The van der Waals surface area contributed by atoms with Crippen molar-refractivity contribution in [3.63, 3.8) is 0 Å². The lowest BCUT2D eigenvalue weighted by atomic mass is 10.2. The normalized spacial score (nSPS) is 10.6. The van der Waals surface area contributed by atoms with E-state index in [0.29, 0.717) is 18.0 Å². The Kier molecular flexibility index (Phi) is 5.54. The van der Waals surface area contributed by atoms with E-state index in [1.165, 1.54) is 36.3 Å². The number of phenols is 1. The third-order valence-electron chi connectivity index (χ3n) is 3.32. The number of carbonyl (C=O) groups is 2. The molecule has 10 heteroatoms. The van der Waals surface area contributed by atoms with Crippen molar-refractivity contribution in [2.24, 2.45) is 0 Å². The highest BCUT2D eigenvalue weighted by atomic mass is 32.2. The first-order chi connectivity index (χ1) is 12.5. The fraction of sp³-hybridized carbons (Fsp3) is 0.125. The number of aromatic nitrogens is 2. The molecule has 2 heterocycles. The number of anilines is 1. The highest BCUT2D eigenvalue weighted by Crippen LogP contribution is 2.28. The summed E-state index contributed by atoms with van der Waals surface area (Å²) in [5, 5.41) is 26.5. The van der Waals surface area contributed by atoms with E-state index < -0.39 is 17.7 Å². The Balaban J connectivity index is 1.48. The van der Waals surface area contributed by atoms with Crippen molar-refractivity contribution in [2.45, 2.75) is 5.03 Å². The minimum Gasteiger partial charge on any atom is -0.507 e. The smallest absolute Gasteiger partial charge is 0.339 e. The van der Waals surface area contributed by atoms with Gasteiger partial charge in [-0.2, -0.15) is 0 Å². The minimum absolute atomic E-state index is 0.225. The first-order valence-corrected chi connectivity index (χ1v) is 9.33. The number of thioether (sulfide) groups is 1. The van der Waals surface area contributed by atoms with Crippen LogP contribution in [0.4, 0.5) is 10.5 Å². The van der Waals surface area contributed by atoms with Crippen molar-refractivity contribution in [1.29, 1.82) is 0 Å². The van der Waals surface area contributed by atoms with Gasteiger partial charge in [-0.15, -0.1) is 23.1 Å².